The quantitative estimate of drug-likeness (QED) is 0.443. The van der Waals surface area contributed by atoms with E-state index in [9.17, 15) is 15.2 Å². The van der Waals surface area contributed by atoms with Gasteiger partial charge in [0.1, 0.15) is 17.1 Å². The molecule has 7 nitrogen and oxygen atoms in total. The van der Waals surface area contributed by atoms with Gasteiger partial charge in [0.25, 0.3) is 5.69 Å². The number of pyridine rings is 1. The fourth-order valence-corrected chi connectivity index (χ4v) is 1.99. The Morgan fingerprint density at radius 3 is 2.59 bits per heavy atom. The summed E-state index contributed by atoms with van der Waals surface area (Å²) in [7, 11) is 0. The lowest BCUT2D eigenvalue weighted by molar-refractivity contribution is -0.384. The summed E-state index contributed by atoms with van der Waals surface area (Å²) in [5, 5.41) is 29.3. The van der Waals surface area contributed by atoms with Crippen molar-refractivity contribution < 1.29 is 10.0 Å². The van der Waals surface area contributed by atoms with E-state index in [1.165, 1.54) is 12.1 Å². The fraction of sp³-hybridized carbons (Fsp3) is 0. The average Bonchev–Trinajstić information content (AvgIpc) is 2.53. The second-order valence-electron chi connectivity index (χ2n) is 4.48. The molecule has 0 aliphatic rings. The number of rotatable bonds is 3. The molecule has 108 valence electrons. The lowest BCUT2D eigenvalue weighted by Crippen LogP contribution is -1.86. The van der Waals surface area contributed by atoms with Gasteiger partial charge < -0.3 is 5.11 Å². The van der Waals surface area contributed by atoms with E-state index < -0.39 is 4.92 Å². The van der Waals surface area contributed by atoms with Crippen molar-refractivity contribution in [3.63, 3.8) is 0 Å². The van der Waals surface area contributed by atoms with Crippen LogP contribution < -0.4 is 0 Å². The SMILES string of the molecule is O=[N+]([O-])c1ccc(N=Nc2cccc3cccnc23)c(O)c1. The van der Waals surface area contributed by atoms with Crippen LogP contribution in [0, 0.1) is 10.1 Å². The highest BCUT2D eigenvalue weighted by molar-refractivity contribution is 5.88. The highest BCUT2D eigenvalue weighted by Crippen LogP contribution is 2.32. The van der Waals surface area contributed by atoms with E-state index in [1.54, 1.807) is 12.3 Å². The number of hydrogen-bond donors (Lipinski definition) is 1. The van der Waals surface area contributed by atoms with Crippen molar-refractivity contribution in [1.82, 2.24) is 4.98 Å². The Labute approximate surface area is 124 Å². The minimum Gasteiger partial charge on any atom is -0.505 e. The second kappa shape index (κ2) is 5.57. The molecule has 1 heterocycles. The highest BCUT2D eigenvalue weighted by atomic mass is 16.6. The first-order valence-corrected chi connectivity index (χ1v) is 6.38. The van der Waals surface area contributed by atoms with Gasteiger partial charge in [0, 0.05) is 17.6 Å². The maximum absolute atomic E-state index is 10.6. The molecule has 0 atom stereocenters. The third-order valence-corrected chi connectivity index (χ3v) is 3.05. The number of para-hydroxylation sites is 1. The van der Waals surface area contributed by atoms with Crippen LogP contribution in [-0.2, 0) is 0 Å². The van der Waals surface area contributed by atoms with Crippen LogP contribution in [0.15, 0.2) is 65.0 Å². The number of nitro groups is 1. The molecule has 0 unspecified atom stereocenters. The van der Waals surface area contributed by atoms with Crippen molar-refractivity contribution in [2.45, 2.75) is 0 Å². The van der Waals surface area contributed by atoms with Crippen LogP contribution in [-0.4, -0.2) is 15.0 Å². The highest BCUT2D eigenvalue weighted by Gasteiger charge is 2.09. The molecule has 0 saturated heterocycles. The third-order valence-electron chi connectivity index (χ3n) is 3.05. The van der Waals surface area contributed by atoms with Crippen molar-refractivity contribution in [3.8, 4) is 5.75 Å². The summed E-state index contributed by atoms with van der Waals surface area (Å²) in [4.78, 5) is 14.3. The van der Waals surface area contributed by atoms with Crippen molar-refractivity contribution in [3.05, 3.63) is 64.8 Å². The number of aromatic hydroxyl groups is 1. The first-order chi connectivity index (χ1) is 10.6. The summed E-state index contributed by atoms with van der Waals surface area (Å²) in [6, 6.07) is 12.9. The first-order valence-electron chi connectivity index (χ1n) is 6.38. The van der Waals surface area contributed by atoms with Gasteiger partial charge in [-0.2, -0.15) is 0 Å². The zero-order valence-corrected chi connectivity index (χ0v) is 11.2. The van der Waals surface area contributed by atoms with Crippen LogP contribution >= 0.6 is 0 Å². The molecule has 1 aromatic heterocycles. The molecule has 0 amide bonds. The van der Waals surface area contributed by atoms with Gasteiger partial charge >= 0.3 is 0 Å². The first kappa shape index (κ1) is 13.6. The molecule has 0 aliphatic carbocycles. The van der Waals surface area contributed by atoms with Crippen LogP contribution in [0.5, 0.6) is 5.75 Å². The standard InChI is InChI=1S/C15H10N4O3/c20-14-9-11(19(21)22)6-7-12(14)17-18-13-5-1-3-10-4-2-8-16-15(10)13/h1-9,20H. The Bertz CT molecular complexity index is 888. The summed E-state index contributed by atoms with van der Waals surface area (Å²) in [6.07, 6.45) is 1.66. The molecule has 3 rings (SSSR count). The predicted octanol–water partition coefficient (Wildman–Crippen LogP) is 4.26. The van der Waals surface area contributed by atoms with Gasteiger partial charge in [-0.25, -0.2) is 0 Å². The van der Waals surface area contributed by atoms with Gasteiger partial charge in [0.05, 0.1) is 16.5 Å². The van der Waals surface area contributed by atoms with E-state index in [0.717, 1.165) is 11.5 Å². The van der Waals surface area contributed by atoms with Crippen molar-refractivity contribution >= 4 is 28.0 Å². The summed E-state index contributed by atoms with van der Waals surface area (Å²) < 4.78 is 0. The second-order valence-corrected chi connectivity index (χ2v) is 4.48. The summed E-state index contributed by atoms with van der Waals surface area (Å²) in [5.74, 6) is -0.300. The molecule has 1 N–H and O–H groups in total. The van der Waals surface area contributed by atoms with Gasteiger partial charge in [-0.1, -0.05) is 18.2 Å². The predicted molar refractivity (Wildman–Crippen MR) is 80.7 cm³/mol. The van der Waals surface area contributed by atoms with Crippen molar-refractivity contribution in [1.29, 1.82) is 0 Å². The van der Waals surface area contributed by atoms with Crippen LogP contribution in [0.1, 0.15) is 0 Å². The van der Waals surface area contributed by atoms with E-state index in [1.807, 2.05) is 24.3 Å². The molecule has 0 radical (unpaired) electrons. The van der Waals surface area contributed by atoms with Gasteiger partial charge in [-0.3, -0.25) is 15.1 Å². The zero-order valence-electron chi connectivity index (χ0n) is 11.2. The lowest BCUT2D eigenvalue weighted by Gasteiger charge is -2.00. The summed E-state index contributed by atoms with van der Waals surface area (Å²) in [6.45, 7) is 0. The molecule has 7 heteroatoms. The molecular formula is C15H10N4O3. The van der Waals surface area contributed by atoms with Crippen molar-refractivity contribution in [2.24, 2.45) is 10.2 Å². The van der Waals surface area contributed by atoms with E-state index in [-0.39, 0.29) is 17.1 Å². The Kier molecular flexibility index (Phi) is 3.45. The number of non-ortho nitro benzene ring substituents is 1. The normalized spacial score (nSPS) is 11.1. The summed E-state index contributed by atoms with van der Waals surface area (Å²) >= 11 is 0. The minimum atomic E-state index is -0.588. The average molecular weight is 294 g/mol. The number of hydrogen-bond acceptors (Lipinski definition) is 6. The van der Waals surface area contributed by atoms with Crippen LogP contribution in [0.3, 0.4) is 0 Å². The fourth-order valence-electron chi connectivity index (χ4n) is 1.99. The van der Waals surface area contributed by atoms with E-state index in [4.69, 9.17) is 0 Å². The van der Waals surface area contributed by atoms with Crippen LogP contribution in [0.2, 0.25) is 0 Å². The van der Waals surface area contributed by atoms with E-state index >= 15 is 0 Å². The topological polar surface area (TPSA) is 101 Å². The molecule has 0 spiro atoms. The van der Waals surface area contributed by atoms with E-state index in [2.05, 4.69) is 15.2 Å². The Morgan fingerprint density at radius 2 is 1.82 bits per heavy atom. The maximum Gasteiger partial charge on any atom is 0.273 e. The number of fused-ring (bicyclic) bond motifs is 1. The Hall–Kier alpha value is -3.35. The van der Waals surface area contributed by atoms with Crippen LogP contribution in [0.4, 0.5) is 17.1 Å². The minimum absolute atomic E-state index is 0.151. The Balaban J connectivity index is 1.98. The number of nitro benzene ring substituents is 1. The summed E-state index contributed by atoms with van der Waals surface area (Å²) in [5.41, 5.74) is 1.19. The molecule has 2 aromatic carbocycles. The monoisotopic (exact) mass is 294 g/mol. The number of aromatic nitrogens is 1. The number of phenolic OH excluding ortho intramolecular Hbond substituents is 1. The van der Waals surface area contributed by atoms with Crippen LogP contribution in [0.25, 0.3) is 10.9 Å². The lowest BCUT2D eigenvalue weighted by atomic mass is 10.2. The van der Waals surface area contributed by atoms with Gasteiger partial charge in [0.2, 0.25) is 0 Å². The number of azo groups is 1. The van der Waals surface area contributed by atoms with E-state index in [0.29, 0.717) is 11.2 Å². The number of nitrogens with zero attached hydrogens (tertiary/aromatic N) is 4. The van der Waals surface area contributed by atoms with Gasteiger partial charge in [-0.05, 0) is 18.2 Å². The molecule has 0 bridgehead atoms. The molecule has 3 aromatic rings. The number of phenols is 1. The maximum atomic E-state index is 10.6. The largest absolute Gasteiger partial charge is 0.505 e. The molecule has 0 saturated carbocycles. The number of benzene rings is 2. The third kappa shape index (κ3) is 2.59. The Morgan fingerprint density at radius 1 is 1.05 bits per heavy atom. The molecule has 22 heavy (non-hydrogen) atoms. The van der Waals surface area contributed by atoms with Gasteiger partial charge in [0.15, 0.2) is 0 Å². The smallest absolute Gasteiger partial charge is 0.273 e. The van der Waals surface area contributed by atoms with Gasteiger partial charge in [-0.15, -0.1) is 10.2 Å². The van der Waals surface area contributed by atoms with Crippen molar-refractivity contribution in [2.75, 3.05) is 0 Å². The molecular weight excluding hydrogens is 284 g/mol. The zero-order chi connectivity index (χ0) is 15.5. The molecule has 0 fully saturated rings. The molecule has 0 aliphatic heterocycles.